The average Bonchev–Trinajstić information content (AvgIpc) is 3.04. The van der Waals surface area contributed by atoms with Gasteiger partial charge in [0, 0.05) is 11.5 Å². The molecule has 1 saturated carbocycles. The molecule has 1 amide bonds. The van der Waals surface area contributed by atoms with Crippen LogP contribution in [-0.2, 0) is 11.2 Å². The molecule has 1 aromatic heterocycles. The third kappa shape index (κ3) is 4.07. The van der Waals surface area contributed by atoms with Crippen molar-refractivity contribution in [3.05, 3.63) is 34.8 Å². The molecular formula is C17H21N3O2S. The van der Waals surface area contributed by atoms with E-state index in [1.807, 2.05) is 24.3 Å². The lowest BCUT2D eigenvalue weighted by atomic mass is 9.90. The molecule has 1 aliphatic carbocycles. The average molecular weight is 331 g/mol. The lowest BCUT2D eigenvalue weighted by molar-refractivity contribution is -0.115. The smallest absolute Gasteiger partial charge is 0.230 e. The molecule has 1 N–H and O–H groups in total. The van der Waals surface area contributed by atoms with Crippen molar-refractivity contribution < 1.29 is 9.53 Å². The summed E-state index contributed by atoms with van der Waals surface area (Å²) >= 11 is 1.50. The number of methoxy groups -OCH3 is 1. The van der Waals surface area contributed by atoms with Crippen LogP contribution in [0.2, 0.25) is 0 Å². The predicted molar refractivity (Wildman–Crippen MR) is 91.1 cm³/mol. The van der Waals surface area contributed by atoms with Crippen molar-refractivity contribution in [1.82, 2.24) is 10.2 Å². The highest BCUT2D eigenvalue weighted by atomic mass is 32.1. The van der Waals surface area contributed by atoms with Gasteiger partial charge in [0.25, 0.3) is 0 Å². The van der Waals surface area contributed by atoms with Gasteiger partial charge in [0.1, 0.15) is 10.8 Å². The van der Waals surface area contributed by atoms with E-state index in [4.69, 9.17) is 4.74 Å². The molecule has 0 aliphatic heterocycles. The maximum atomic E-state index is 12.2. The molecule has 1 heterocycles. The molecule has 0 bridgehead atoms. The van der Waals surface area contributed by atoms with Crippen molar-refractivity contribution in [3.8, 4) is 5.75 Å². The Balaban J connectivity index is 1.60. The Morgan fingerprint density at radius 3 is 2.83 bits per heavy atom. The van der Waals surface area contributed by atoms with E-state index in [1.165, 1.54) is 43.4 Å². The maximum absolute atomic E-state index is 12.2. The van der Waals surface area contributed by atoms with E-state index in [2.05, 4.69) is 15.5 Å². The third-order valence-electron chi connectivity index (χ3n) is 4.18. The van der Waals surface area contributed by atoms with Crippen molar-refractivity contribution in [2.75, 3.05) is 12.4 Å². The Bertz CT molecular complexity index is 665. The zero-order valence-corrected chi connectivity index (χ0v) is 14.1. The summed E-state index contributed by atoms with van der Waals surface area (Å²) < 4.78 is 5.27. The quantitative estimate of drug-likeness (QED) is 0.905. The molecule has 6 heteroatoms. The summed E-state index contributed by atoms with van der Waals surface area (Å²) in [4.78, 5) is 12.2. The summed E-state index contributed by atoms with van der Waals surface area (Å²) in [5, 5.41) is 12.9. The number of hydrogen-bond acceptors (Lipinski definition) is 5. The van der Waals surface area contributed by atoms with Crippen LogP contribution in [0.3, 0.4) is 0 Å². The minimum absolute atomic E-state index is 0.0964. The summed E-state index contributed by atoms with van der Waals surface area (Å²) in [7, 11) is 1.61. The van der Waals surface area contributed by atoms with Gasteiger partial charge < -0.3 is 10.1 Å². The number of aromatic nitrogens is 2. The summed E-state index contributed by atoms with van der Waals surface area (Å²) in [6.07, 6.45) is 6.48. The summed E-state index contributed by atoms with van der Waals surface area (Å²) in [6.45, 7) is 0. The van der Waals surface area contributed by atoms with E-state index >= 15 is 0 Å². The highest BCUT2D eigenvalue weighted by molar-refractivity contribution is 7.15. The van der Waals surface area contributed by atoms with Crippen LogP contribution < -0.4 is 10.1 Å². The maximum Gasteiger partial charge on any atom is 0.230 e. The van der Waals surface area contributed by atoms with Gasteiger partial charge in [-0.05, 0) is 18.9 Å². The SMILES string of the molecule is COc1ccccc1CC(=O)Nc1nnc(C2CCCCC2)s1. The zero-order valence-electron chi connectivity index (χ0n) is 13.2. The standard InChI is InChI=1S/C17H21N3O2S/c1-22-14-10-6-5-9-13(14)11-15(21)18-17-20-19-16(23-17)12-7-3-2-4-8-12/h5-6,9-10,12H,2-4,7-8,11H2,1H3,(H,18,20,21). The van der Waals surface area contributed by atoms with Crippen LogP contribution in [0, 0.1) is 0 Å². The Labute approximate surface area is 140 Å². The molecule has 0 unspecified atom stereocenters. The molecule has 1 fully saturated rings. The number of benzene rings is 1. The molecule has 0 saturated heterocycles. The summed E-state index contributed by atoms with van der Waals surface area (Å²) in [6, 6.07) is 7.54. The van der Waals surface area contributed by atoms with Crippen LogP contribution in [0.15, 0.2) is 24.3 Å². The van der Waals surface area contributed by atoms with Crippen molar-refractivity contribution >= 4 is 22.4 Å². The van der Waals surface area contributed by atoms with Crippen molar-refractivity contribution in [2.45, 2.75) is 44.4 Å². The first-order chi connectivity index (χ1) is 11.3. The Morgan fingerprint density at radius 1 is 1.26 bits per heavy atom. The Kier molecular flexibility index (Phi) is 5.23. The fraction of sp³-hybridized carbons (Fsp3) is 0.471. The van der Waals surface area contributed by atoms with E-state index in [-0.39, 0.29) is 12.3 Å². The second-order valence-electron chi connectivity index (χ2n) is 5.82. The van der Waals surface area contributed by atoms with Crippen molar-refractivity contribution in [1.29, 1.82) is 0 Å². The molecule has 23 heavy (non-hydrogen) atoms. The number of para-hydroxylation sites is 1. The van der Waals surface area contributed by atoms with E-state index in [1.54, 1.807) is 7.11 Å². The monoisotopic (exact) mass is 331 g/mol. The molecule has 122 valence electrons. The number of hydrogen-bond donors (Lipinski definition) is 1. The highest BCUT2D eigenvalue weighted by Gasteiger charge is 2.20. The van der Waals surface area contributed by atoms with Gasteiger partial charge in [-0.3, -0.25) is 4.79 Å². The lowest BCUT2D eigenvalue weighted by Gasteiger charge is -2.18. The first-order valence-electron chi connectivity index (χ1n) is 8.01. The normalized spacial score (nSPS) is 15.3. The number of ether oxygens (including phenoxy) is 1. The van der Waals surface area contributed by atoms with E-state index in [0.717, 1.165) is 16.3 Å². The molecule has 1 aliphatic rings. The predicted octanol–water partition coefficient (Wildman–Crippen LogP) is 3.78. The van der Waals surface area contributed by atoms with Crippen LogP contribution in [0.1, 0.15) is 48.6 Å². The van der Waals surface area contributed by atoms with Crippen molar-refractivity contribution in [3.63, 3.8) is 0 Å². The van der Waals surface area contributed by atoms with Gasteiger partial charge in [0.05, 0.1) is 13.5 Å². The molecule has 3 rings (SSSR count). The molecule has 1 aromatic carbocycles. The van der Waals surface area contributed by atoms with E-state index in [0.29, 0.717) is 11.0 Å². The minimum atomic E-state index is -0.0964. The number of nitrogens with one attached hydrogen (secondary N) is 1. The number of amides is 1. The van der Waals surface area contributed by atoms with Gasteiger partial charge in [0.2, 0.25) is 11.0 Å². The van der Waals surface area contributed by atoms with Crippen LogP contribution in [0.4, 0.5) is 5.13 Å². The van der Waals surface area contributed by atoms with Gasteiger partial charge in [-0.15, -0.1) is 10.2 Å². The summed E-state index contributed by atoms with van der Waals surface area (Å²) in [5.41, 5.74) is 0.865. The summed E-state index contributed by atoms with van der Waals surface area (Å²) in [5.74, 6) is 1.14. The zero-order chi connectivity index (χ0) is 16.1. The van der Waals surface area contributed by atoms with Gasteiger partial charge >= 0.3 is 0 Å². The first-order valence-corrected chi connectivity index (χ1v) is 8.83. The van der Waals surface area contributed by atoms with Crippen LogP contribution in [0.5, 0.6) is 5.75 Å². The number of carbonyl (C=O) groups is 1. The second kappa shape index (κ2) is 7.55. The lowest BCUT2D eigenvalue weighted by Crippen LogP contribution is -2.14. The number of nitrogens with zero attached hydrogens (tertiary/aromatic N) is 2. The molecular weight excluding hydrogens is 310 g/mol. The van der Waals surface area contributed by atoms with Gasteiger partial charge in [-0.2, -0.15) is 0 Å². The Hall–Kier alpha value is -1.95. The second-order valence-corrected chi connectivity index (χ2v) is 6.83. The Morgan fingerprint density at radius 2 is 2.04 bits per heavy atom. The highest BCUT2D eigenvalue weighted by Crippen LogP contribution is 2.35. The molecule has 2 aromatic rings. The topological polar surface area (TPSA) is 64.1 Å². The van der Waals surface area contributed by atoms with Gasteiger partial charge in [0.15, 0.2) is 0 Å². The van der Waals surface area contributed by atoms with Crippen molar-refractivity contribution in [2.24, 2.45) is 0 Å². The van der Waals surface area contributed by atoms with E-state index in [9.17, 15) is 4.79 Å². The number of rotatable bonds is 5. The first kappa shape index (κ1) is 15.9. The number of carbonyl (C=O) groups excluding carboxylic acids is 1. The number of anilines is 1. The van der Waals surface area contributed by atoms with Gasteiger partial charge in [-0.25, -0.2) is 0 Å². The van der Waals surface area contributed by atoms with Crippen LogP contribution >= 0.6 is 11.3 Å². The minimum Gasteiger partial charge on any atom is -0.496 e. The largest absolute Gasteiger partial charge is 0.496 e. The molecule has 0 spiro atoms. The van der Waals surface area contributed by atoms with Crippen LogP contribution in [0.25, 0.3) is 0 Å². The molecule has 0 radical (unpaired) electrons. The fourth-order valence-electron chi connectivity index (χ4n) is 2.99. The molecule has 5 nitrogen and oxygen atoms in total. The van der Waals surface area contributed by atoms with Gasteiger partial charge in [-0.1, -0.05) is 48.8 Å². The molecule has 0 atom stereocenters. The fourth-order valence-corrected chi connectivity index (χ4v) is 3.91. The third-order valence-corrected chi connectivity index (χ3v) is 5.19. The van der Waals surface area contributed by atoms with E-state index < -0.39 is 0 Å². The van der Waals surface area contributed by atoms with Crippen LogP contribution in [-0.4, -0.2) is 23.2 Å².